The Labute approximate surface area is 151 Å². The summed E-state index contributed by atoms with van der Waals surface area (Å²) in [4.78, 5) is 16.5. The molecule has 1 atom stereocenters. The Balaban J connectivity index is 1.88. The molecule has 1 fully saturated rings. The summed E-state index contributed by atoms with van der Waals surface area (Å²) < 4.78 is 23.0. The van der Waals surface area contributed by atoms with Crippen molar-refractivity contribution in [3.05, 3.63) is 33.9 Å². The van der Waals surface area contributed by atoms with Gasteiger partial charge < -0.3 is 19.1 Å². The van der Waals surface area contributed by atoms with E-state index in [0.717, 1.165) is 0 Å². The lowest BCUT2D eigenvalue weighted by Crippen LogP contribution is -2.48. The van der Waals surface area contributed by atoms with Crippen LogP contribution in [-0.2, 0) is 0 Å². The van der Waals surface area contributed by atoms with Gasteiger partial charge in [-0.2, -0.15) is 0 Å². The van der Waals surface area contributed by atoms with Crippen LogP contribution in [0, 0.1) is 18.2 Å². The molecule has 1 aromatic carbocycles. The molecule has 2 aromatic rings. The summed E-state index contributed by atoms with van der Waals surface area (Å²) >= 11 is 0. The summed E-state index contributed by atoms with van der Waals surface area (Å²) in [6.45, 7) is 8.56. The number of piperazine rings is 1. The molecule has 1 saturated heterocycles. The molecule has 0 aliphatic carbocycles. The largest absolute Gasteiger partial charge is 0.487 e. The van der Waals surface area contributed by atoms with Crippen molar-refractivity contribution < 1.29 is 9.13 Å². The number of amidine groups is 1. The molecule has 7 heteroatoms. The number of benzene rings is 1. The number of pyridine rings is 1. The van der Waals surface area contributed by atoms with Gasteiger partial charge in [-0.1, -0.05) is 0 Å². The normalized spacial score (nSPS) is 19.6. The minimum Gasteiger partial charge on any atom is -0.487 e. The number of hydrogen-bond donors (Lipinski definition) is 1. The van der Waals surface area contributed by atoms with Crippen LogP contribution in [0.1, 0.15) is 25.5 Å². The maximum absolute atomic E-state index is 15.0. The predicted molar refractivity (Wildman–Crippen MR) is 100 cm³/mol. The van der Waals surface area contributed by atoms with Crippen molar-refractivity contribution in [3.8, 4) is 5.75 Å². The van der Waals surface area contributed by atoms with Gasteiger partial charge in [0.1, 0.15) is 12.3 Å². The van der Waals surface area contributed by atoms with E-state index in [2.05, 4.69) is 0 Å². The van der Waals surface area contributed by atoms with E-state index in [1.165, 1.54) is 6.07 Å². The number of rotatable bonds is 1. The molecule has 1 N–H and O–H groups in total. The smallest absolute Gasteiger partial charge is 0.192 e. The topological polar surface area (TPSA) is 61.6 Å². The first-order chi connectivity index (χ1) is 12.4. The number of aromatic nitrogens is 1. The fourth-order valence-electron chi connectivity index (χ4n) is 3.91. The van der Waals surface area contributed by atoms with E-state index in [-0.39, 0.29) is 11.5 Å². The monoisotopic (exact) mass is 358 g/mol. The van der Waals surface area contributed by atoms with Crippen LogP contribution in [0.25, 0.3) is 10.9 Å². The highest BCUT2D eigenvalue weighted by Gasteiger charge is 2.30. The highest BCUT2D eigenvalue weighted by Crippen LogP contribution is 2.41. The Hall–Kier alpha value is -2.57. The average Bonchev–Trinajstić information content (AvgIpc) is 2.62. The Morgan fingerprint density at radius 1 is 1.31 bits per heavy atom. The summed E-state index contributed by atoms with van der Waals surface area (Å²) in [5.41, 5.74) is 1.58. The molecular formula is C19H23FN4O2. The number of aryl methyl sites for hydroxylation is 1. The maximum Gasteiger partial charge on any atom is 0.192 e. The first kappa shape index (κ1) is 16.9. The number of halogens is 1. The molecule has 0 saturated carbocycles. The van der Waals surface area contributed by atoms with E-state index in [9.17, 15) is 4.79 Å². The summed E-state index contributed by atoms with van der Waals surface area (Å²) in [6, 6.07) is 1.44. The van der Waals surface area contributed by atoms with E-state index in [0.29, 0.717) is 66.5 Å². The Morgan fingerprint density at radius 3 is 2.65 bits per heavy atom. The van der Waals surface area contributed by atoms with Crippen LogP contribution in [0.2, 0.25) is 0 Å². The van der Waals surface area contributed by atoms with Gasteiger partial charge in [-0.15, -0.1) is 0 Å². The van der Waals surface area contributed by atoms with Crippen LogP contribution in [0.3, 0.4) is 0 Å². The van der Waals surface area contributed by atoms with E-state index < -0.39 is 5.82 Å². The first-order valence-corrected chi connectivity index (χ1v) is 8.94. The lowest BCUT2D eigenvalue weighted by atomic mass is 10.1. The van der Waals surface area contributed by atoms with Gasteiger partial charge in [0.2, 0.25) is 0 Å². The standard InChI is InChI=1S/C19H23FN4O2/c1-11-9-24-12(2)10-26-19-16(24)14(18(11)25)8-15(20)17(19)23-6-4-22(5-7-23)13(3)21/h8-9,12,21H,4-7,10H2,1-3H3/t12-/m0/s1. The highest BCUT2D eigenvalue weighted by molar-refractivity contribution is 5.92. The number of nitrogens with zero attached hydrogens (tertiary/aromatic N) is 3. The first-order valence-electron chi connectivity index (χ1n) is 8.94. The van der Waals surface area contributed by atoms with Crippen LogP contribution in [0.4, 0.5) is 10.1 Å². The third kappa shape index (κ3) is 2.45. The summed E-state index contributed by atoms with van der Waals surface area (Å²) in [5, 5.41) is 8.14. The molecule has 0 unspecified atom stereocenters. The average molecular weight is 358 g/mol. The van der Waals surface area contributed by atoms with Crippen LogP contribution in [-0.4, -0.2) is 48.1 Å². The minimum absolute atomic E-state index is 0.0834. The van der Waals surface area contributed by atoms with Crippen LogP contribution in [0.15, 0.2) is 17.1 Å². The molecule has 4 rings (SSSR count). The Kier molecular flexibility index (Phi) is 3.89. The van der Waals surface area contributed by atoms with Crippen molar-refractivity contribution in [1.82, 2.24) is 9.47 Å². The zero-order chi connectivity index (χ0) is 18.6. The molecule has 0 bridgehead atoms. The molecular weight excluding hydrogens is 335 g/mol. The summed E-state index contributed by atoms with van der Waals surface area (Å²) in [7, 11) is 0. The third-order valence-electron chi connectivity index (χ3n) is 5.39. The van der Waals surface area contributed by atoms with Gasteiger partial charge in [-0.25, -0.2) is 4.39 Å². The van der Waals surface area contributed by atoms with Gasteiger partial charge in [0.25, 0.3) is 0 Å². The summed E-state index contributed by atoms with van der Waals surface area (Å²) in [6.07, 6.45) is 1.85. The van der Waals surface area contributed by atoms with E-state index in [1.54, 1.807) is 13.8 Å². The maximum atomic E-state index is 15.0. The lowest BCUT2D eigenvalue weighted by molar-refractivity contribution is 0.245. The fraction of sp³-hybridized carbons (Fsp3) is 0.474. The van der Waals surface area contributed by atoms with Gasteiger partial charge in [-0.05, 0) is 26.8 Å². The van der Waals surface area contributed by atoms with Gasteiger partial charge in [-0.3, -0.25) is 10.2 Å². The van der Waals surface area contributed by atoms with Crippen LogP contribution in [0.5, 0.6) is 5.75 Å². The predicted octanol–water partition coefficient (Wildman–Crippen LogP) is 2.52. The number of ether oxygens (including phenoxy) is 1. The molecule has 2 aliphatic rings. The van der Waals surface area contributed by atoms with E-state index in [1.807, 2.05) is 27.5 Å². The molecule has 26 heavy (non-hydrogen) atoms. The molecule has 1 aromatic heterocycles. The lowest BCUT2D eigenvalue weighted by Gasteiger charge is -2.38. The van der Waals surface area contributed by atoms with Crippen molar-refractivity contribution in [2.24, 2.45) is 0 Å². The van der Waals surface area contributed by atoms with Gasteiger partial charge >= 0.3 is 0 Å². The number of anilines is 1. The zero-order valence-electron chi connectivity index (χ0n) is 15.3. The Morgan fingerprint density at radius 2 is 2.00 bits per heavy atom. The van der Waals surface area contributed by atoms with Crippen molar-refractivity contribution in [2.45, 2.75) is 26.8 Å². The number of hydrogen-bond acceptors (Lipinski definition) is 4. The SMILES string of the molecule is CC(=N)N1CCN(c2c(F)cc3c(=O)c(C)cn4c3c2OC[C@@H]4C)CC1. The third-order valence-corrected chi connectivity index (χ3v) is 5.39. The van der Waals surface area contributed by atoms with Crippen molar-refractivity contribution >= 4 is 22.4 Å². The second-order valence-corrected chi connectivity index (χ2v) is 7.20. The molecule has 138 valence electrons. The van der Waals surface area contributed by atoms with Crippen molar-refractivity contribution in [2.75, 3.05) is 37.7 Å². The van der Waals surface area contributed by atoms with Gasteiger partial charge in [0.15, 0.2) is 17.0 Å². The molecule has 3 heterocycles. The molecule has 0 radical (unpaired) electrons. The van der Waals surface area contributed by atoms with Crippen LogP contribution >= 0.6 is 0 Å². The van der Waals surface area contributed by atoms with Crippen LogP contribution < -0.4 is 15.1 Å². The quantitative estimate of drug-likeness (QED) is 0.629. The molecule has 6 nitrogen and oxygen atoms in total. The van der Waals surface area contributed by atoms with E-state index >= 15 is 4.39 Å². The van der Waals surface area contributed by atoms with Crippen molar-refractivity contribution in [1.29, 1.82) is 5.41 Å². The van der Waals surface area contributed by atoms with Gasteiger partial charge in [0, 0.05) is 37.9 Å². The van der Waals surface area contributed by atoms with Crippen molar-refractivity contribution in [3.63, 3.8) is 0 Å². The molecule has 2 aliphatic heterocycles. The second-order valence-electron chi connectivity index (χ2n) is 7.20. The molecule has 0 amide bonds. The minimum atomic E-state index is -0.420. The molecule has 0 spiro atoms. The number of nitrogens with one attached hydrogen (secondary N) is 1. The zero-order valence-corrected chi connectivity index (χ0v) is 15.3. The Bertz CT molecular complexity index is 960. The van der Waals surface area contributed by atoms with E-state index in [4.69, 9.17) is 10.1 Å². The van der Waals surface area contributed by atoms with Gasteiger partial charge in [0.05, 0.1) is 22.8 Å². The second kappa shape index (κ2) is 6.00. The highest BCUT2D eigenvalue weighted by atomic mass is 19.1. The summed E-state index contributed by atoms with van der Waals surface area (Å²) in [5.74, 6) is 0.575. The fourth-order valence-corrected chi connectivity index (χ4v) is 3.91.